The molecule has 0 unspecified atom stereocenters. The minimum atomic E-state index is -0.405. The van der Waals surface area contributed by atoms with Gasteiger partial charge in [-0.25, -0.2) is 0 Å². The summed E-state index contributed by atoms with van der Waals surface area (Å²) in [6, 6.07) is 13.8. The maximum atomic E-state index is 12.6. The van der Waals surface area contributed by atoms with Gasteiger partial charge in [-0.05, 0) is 30.3 Å². The maximum Gasteiger partial charge on any atom is 0.277 e. The Labute approximate surface area is 188 Å². The Morgan fingerprint density at radius 1 is 1.16 bits per heavy atom. The van der Waals surface area contributed by atoms with E-state index >= 15 is 0 Å². The van der Waals surface area contributed by atoms with Crippen LogP contribution in [0.1, 0.15) is 0 Å². The fraction of sp³-hybridized carbons (Fsp3) is 0.286. The highest BCUT2D eigenvalue weighted by molar-refractivity contribution is 7.99. The van der Waals surface area contributed by atoms with Crippen molar-refractivity contribution in [2.24, 2.45) is 0 Å². The highest BCUT2D eigenvalue weighted by Gasteiger charge is 2.23. The number of hydrogen-bond donors (Lipinski definition) is 0. The lowest BCUT2D eigenvalue weighted by Gasteiger charge is -2.36. The lowest BCUT2D eigenvalue weighted by molar-refractivity contribution is -0.384. The Morgan fingerprint density at radius 2 is 1.91 bits per heavy atom. The highest BCUT2D eigenvalue weighted by Crippen LogP contribution is 2.26. The molecule has 1 aromatic heterocycles. The third kappa shape index (κ3) is 4.99. The Kier molecular flexibility index (Phi) is 6.55. The molecule has 4 rings (SSSR count). The van der Waals surface area contributed by atoms with Crippen LogP contribution in [0.3, 0.4) is 0 Å². The summed E-state index contributed by atoms with van der Waals surface area (Å²) in [6.45, 7) is 2.31. The molecule has 0 bridgehead atoms. The maximum absolute atomic E-state index is 12.6. The third-order valence-electron chi connectivity index (χ3n) is 5.10. The molecule has 1 saturated heterocycles. The minimum absolute atomic E-state index is 0.0158. The van der Waals surface area contributed by atoms with Gasteiger partial charge in [0.05, 0.1) is 17.8 Å². The fourth-order valence-corrected chi connectivity index (χ4v) is 4.02. The topological polar surface area (TPSA) is 115 Å². The second-order valence-electron chi connectivity index (χ2n) is 7.04. The molecule has 0 radical (unpaired) electrons. The molecular weight excluding hydrogens is 434 g/mol. The van der Waals surface area contributed by atoms with Gasteiger partial charge >= 0.3 is 0 Å². The number of nitro benzene ring substituents is 1. The van der Waals surface area contributed by atoms with Crippen LogP contribution >= 0.6 is 11.8 Å². The lowest BCUT2D eigenvalue weighted by Crippen LogP contribution is -2.49. The van der Waals surface area contributed by atoms with Crippen LogP contribution in [0.4, 0.5) is 11.4 Å². The van der Waals surface area contributed by atoms with Crippen LogP contribution in [0.15, 0.2) is 58.2 Å². The number of ether oxygens (including phenoxy) is 1. The van der Waals surface area contributed by atoms with Crippen LogP contribution in [-0.2, 0) is 4.79 Å². The molecule has 0 aliphatic carbocycles. The molecular formula is C21H21N5O5S. The summed E-state index contributed by atoms with van der Waals surface area (Å²) < 4.78 is 10.8. The monoisotopic (exact) mass is 455 g/mol. The van der Waals surface area contributed by atoms with Gasteiger partial charge in [-0.3, -0.25) is 14.9 Å². The fourth-order valence-electron chi connectivity index (χ4n) is 3.35. The van der Waals surface area contributed by atoms with Crippen molar-refractivity contribution in [1.82, 2.24) is 15.1 Å². The third-order valence-corrected chi connectivity index (χ3v) is 5.90. The number of anilines is 1. The van der Waals surface area contributed by atoms with Crippen LogP contribution in [0, 0.1) is 10.1 Å². The average molecular weight is 455 g/mol. The number of nitro groups is 1. The van der Waals surface area contributed by atoms with Crippen molar-refractivity contribution in [3.63, 3.8) is 0 Å². The summed E-state index contributed by atoms with van der Waals surface area (Å²) in [7, 11) is 1.60. The number of aromatic nitrogens is 2. The van der Waals surface area contributed by atoms with Crippen LogP contribution in [0.5, 0.6) is 5.75 Å². The molecule has 1 aliphatic rings. The van der Waals surface area contributed by atoms with Gasteiger partial charge in [0, 0.05) is 49.6 Å². The van der Waals surface area contributed by atoms with Crippen LogP contribution in [0.2, 0.25) is 0 Å². The van der Waals surface area contributed by atoms with E-state index in [9.17, 15) is 14.9 Å². The van der Waals surface area contributed by atoms with E-state index in [1.165, 1.54) is 17.8 Å². The smallest absolute Gasteiger partial charge is 0.277 e. The Bertz CT molecular complexity index is 1100. The number of piperazine rings is 1. The molecule has 0 spiro atoms. The van der Waals surface area contributed by atoms with Crippen molar-refractivity contribution < 1.29 is 18.9 Å². The summed E-state index contributed by atoms with van der Waals surface area (Å²) in [5, 5.41) is 19.4. The van der Waals surface area contributed by atoms with E-state index in [2.05, 4.69) is 10.2 Å². The Morgan fingerprint density at radius 3 is 2.59 bits per heavy atom. The number of amides is 1. The number of non-ortho nitro benzene ring substituents is 1. The van der Waals surface area contributed by atoms with Gasteiger partial charge in [0.15, 0.2) is 0 Å². The summed E-state index contributed by atoms with van der Waals surface area (Å²) in [4.78, 5) is 27.0. The largest absolute Gasteiger partial charge is 0.497 e. The molecule has 0 saturated carbocycles. The van der Waals surface area contributed by atoms with Crippen molar-refractivity contribution in [2.45, 2.75) is 5.22 Å². The molecule has 166 valence electrons. The molecule has 0 N–H and O–H groups in total. The highest BCUT2D eigenvalue weighted by atomic mass is 32.2. The van der Waals surface area contributed by atoms with E-state index in [4.69, 9.17) is 9.15 Å². The minimum Gasteiger partial charge on any atom is -0.497 e. The molecule has 32 heavy (non-hydrogen) atoms. The number of hydrogen-bond acceptors (Lipinski definition) is 9. The van der Waals surface area contributed by atoms with E-state index in [1.807, 2.05) is 35.2 Å². The molecule has 1 aliphatic heterocycles. The molecule has 1 fully saturated rings. The van der Waals surface area contributed by atoms with Crippen molar-refractivity contribution in [3.8, 4) is 17.2 Å². The number of carbonyl (C=O) groups is 1. The number of nitrogens with zero attached hydrogens (tertiary/aromatic N) is 5. The second kappa shape index (κ2) is 9.69. The standard InChI is InChI=1S/C21H21N5O5S/c1-30-18-7-5-15(6-8-18)20-22-23-21(31-20)32-14-19(27)25-11-9-24(10-12-25)16-3-2-4-17(13-16)26(28)29/h2-8,13H,9-12,14H2,1H3. The normalized spacial score (nSPS) is 13.8. The molecule has 2 aromatic carbocycles. The first-order valence-corrected chi connectivity index (χ1v) is 10.9. The van der Waals surface area contributed by atoms with E-state index in [0.29, 0.717) is 37.3 Å². The Hall–Kier alpha value is -3.60. The van der Waals surface area contributed by atoms with Crippen LogP contribution in [0.25, 0.3) is 11.5 Å². The van der Waals surface area contributed by atoms with Gasteiger partial charge < -0.3 is 19.0 Å². The second-order valence-corrected chi connectivity index (χ2v) is 7.96. The van der Waals surface area contributed by atoms with E-state index in [-0.39, 0.29) is 17.3 Å². The summed E-state index contributed by atoms with van der Waals surface area (Å²) in [6.07, 6.45) is 0. The van der Waals surface area contributed by atoms with Crippen LogP contribution < -0.4 is 9.64 Å². The molecule has 10 nitrogen and oxygen atoms in total. The van der Waals surface area contributed by atoms with E-state index < -0.39 is 4.92 Å². The zero-order valence-corrected chi connectivity index (χ0v) is 18.2. The first-order valence-electron chi connectivity index (χ1n) is 9.91. The van der Waals surface area contributed by atoms with E-state index in [1.54, 1.807) is 24.1 Å². The van der Waals surface area contributed by atoms with Crippen molar-refractivity contribution >= 4 is 29.0 Å². The summed E-state index contributed by atoms with van der Waals surface area (Å²) in [5.74, 6) is 1.30. The van der Waals surface area contributed by atoms with Gasteiger partial charge in [0.2, 0.25) is 11.8 Å². The SMILES string of the molecule is COc1ccc(-c2nnc(SCC(=O)N3CCN(c4cccc([N+](=O)[O-])c4)CC3)o2)cc1. The Balaban J connectivity index is 1.28. The number of carbonyl (C=O) groups excluding carboxylic acids is 1. The lowest BCUT2D eigenvalue weighted by atomic mass is 10.2. The molecule has 1 amide bonds. The van der Waals surface area contributed by atoms with Gasteiger partial charge in [-0.15, -0.1) is 10.2 Å². The first-order chi connectivity index (χ1) is 15.5. The zero-order chi connectivity index (χ0) is 22.5. The number of rotatable bonds is 7. The summed E-state index contributed by atoms with van der Waals surface area (Å²) >= 11 is 1.20. The predicted octanol–water partition coefficient (Wildman–Crippen LogP) is 3.09. The van der Waals surface area contributed by atoms with Gasteiger partial charge in [0.25, 0.3) is 10.9 Å². The molecule has 2 heterocycles. The van der Waals surface area contributed by atoms with Gasteiger partial charge in [-0.2, -0.15) is 0 Å². The van der Waals surface area contributed by atoms with Crippen molar-refractivity contribution in [2.75, 3.05) is 43.9 Å². The number of benzene rings is 2. The average Bonchev–Trinajstić information content (AvgIpc) is 3.32. The molecule has 11 heteroatoms. The first kappa shape index (κ1) is 21.6. The quantitative estimate of drug-likeness (QED) is 0.301. The summed E-state index contributed by atoms with van der Waals surface area (Å²) in [5.41, 5.74) is 1.62. The van der Waals surface area contributed by atoms with Crippen molar-refractivity contribution in [1.29, 1.82) is 0 Å². The number of thioether (sulfide) groups is 1. The molecule has 0 atom stereocenters. The number of methoxy groups -OCH3 is 1. The molecule has 3 aromatic rings. The van der Waals surface area contributed by atoms with Crippen molar-refractivity contribution in [3.05, 3.63) is 58.6 Å². The van der Waals surface area contributed by atoms with Gasteiger partial charge in [-0.1, -0.05) is 17.8 Å². The van der Waals surface area contributed by atoms with E-state index in [0.717, 1.165) is 17.0 Å². The van der Waals surface area contributed by atoms with Gasteiger partial charge in [0.1, 0.15) is 5.75 Å². The predicted molar refractivity (Wildman–Crippen MR) is 119 cm³/mol. The zero-order valence-electron chi connectivity index (χ0n) is 17.3. The van der Waals surface area contributed by atoms with Crippen LogP contribution in [-0.4, -0.2) is 65.0 Å².